The van der Waals surface area contributed by atoms with Crippen LogP contribution in [0.4, 0.5) is 9.80 Å². The van der Waals surface area contributed by atoms with E-state index in [9.17, 15) is 14.9 Å². The van der Waals surface area contributed by atoms with Crippen LogP contribution in [0, 0.1) is 17.2 Å². The first-order valence-corrected chi connectivity index (χ1v) is 10.7. The average molecular weight is 428 g/mol. The Bertz CT molecular complexity index is 969. The molecule has 0 saturated heterocycles. The highest BCUT2D eigenvalue weighted by molar-refractivity contribution is 7.16. The van der Waals surface area contributed by atoms with Crippen molar-refractivity contribution in [1.29, 1.82) is 5.26 Å². The number of hydrogen-bond donors (Lipinski definition) is 1. The highest BCUT2D eigenvalue weighted by atomic mass is 32.1. The zero-order valence-electron chi connectivity index (χ0n) is 17.3. The fourth-order valence-corrected chi connectivity index (χ4v) is 4.52. The summed E-state index contributed by atoms with van der Waals surface area (Å²) in [5.74, 6) is 0.468. The molecule has 158 valence electrons. The van der Waals surface area contributed by atoms with Gasteiger partial charge in [-0.3, -0.25) is 4.79 Å². The van der Waals surface area contributed by atoms with Gasteiger partial charge in [0.25, 0.3) is 0 Å². The van der Waals surface area contributed by atoms with Gasteiger partial charge >= 0.3 is 6.09 Å². The lowest BCUT2D eigenvalue weighted by Gasteiger charge is -2.25. The summed E-state index contributed by atoms with van der Waals surface area (Å²) in [4.78, 5) is 26.9. The predicted octanol–water partition coefficient (Wildman–Crippen LogP) is 4.45. The highest BCUT2D eigenvalue weighted by Gasteiger charge is 2.27. The van der Waals surface area contributed by atoms with Crippen LogP contribution in [0.2, 0.25) is 0 Å². The molecule has 1 aliphatic rings. The van der Waals surface area contributed by atoms with Crippen LogP contribution in [-0.4, -0.2) is 36.6 Å². The molecule has 2 amide bonds. The zero-order valence-corrected chi connectivity index (χ0v) is 18.1. The predicted molar refractivity (Wildman–Crippen MR) is 115 cm³/mol. The van der Waals surface area contributed by atoms with Crippen LogP contribution < -0.4 is 5.32 Å². The number of furan rings is 1. The molecule has 1 N–H and O–H groups in total. The standard InChI is InChI=1S/C22H25N3O4S/c1-14(2)25(3)22(27)29-13-15-6-8-17-18(12-23)21(30-19(17)11-15)24-20(26)9-7-16-5-4-10-28-16/h4-5,7,9-10,14-15H,6,8,11,13H2,1-3H3,(H,24,26)/b9-7+. The first-order valence-electron chi connectivity index (χ1n) is 9.85. The number of amides is 2. The van der Waals surface area contributed by atoms with E-state index in [1.807, 2.05) is 13.8 Å². The molecule has 1 atom stereocenters. The van der Waals surface area contributed by atoms with Crippen molar-refractivity contribution in [3.8, 4) is 6.07 Å². The average Bonchev–Trinajstić information content (AvgIpc) is 3.36. The quantitative estimate of drug-likeness (QED) is 0.687. The summed E-state index contributed by atoms with van der Waals surface area (Å²) in [5.41, 5.74) is 1.53. The second kappa shape index (κ2) is 9.63. The van der Waals surface area contributed by atoms with Gasteiger partial charge in [0.2, 0.25) is 5.91 Å². The summed E-state index contributed by atoms with van der Waals surface area (Å²) < 4.78 is 10.6. The Morgan fingerprint density at radius 2 is 2.30 bits per heavy atom. The normalized spacial score (nSPS) is 15.6. The molecule has 30 heavy (non-hydrogen) atoms. The largest absolute Gasteiger partial charge is 0.465 e. The van der Waals surface area contributed by atoms with Crippen LogP contribution in [-0.2, 0) is 22.4 Å². The molecule has 2 aromatic heterocycles. The molecule has 0 aliphatic heterocycles. The molecule has 0 bridgehead atoms. The van der Waals surface area contributed by atoms with Crippen molar-refractivity contribution < 1.29 is 18.7 Å². The van der Waals surface area contributed by atoms with Gasteiger partial charge in [0.05, 0.1) is 18.4 Å². The van der Waals surface area contributed by atoms with Gasteiger partial charge in [0.15, 0.2) is 0 Å². The van der Waals surface area contributed by atoms with Crippen LogP contribution in [0.15, 0.2) is 28.9 Å². The molecule has 2 heterocycles. The summed E-state index contributed by atoms with van der Waals surface area (Å²) in [6.07, 6.45) is 6.46. The first kappa shape index (κ1) is 21.7. The molecule has 3 rings (SSSR count). The maximum atomic E-state index is 12.2. The number of hydrogen-bond acceptors (Lipinski definition) is 6. The first-order chi connectivity index (χ1) is 14.4. The van der Waals surface area contributed by atoms with Crippen LogP contribution in [0.5, 0.6) is 0 Å². The molecule has 0 aromatic carbocycles. The van der Waals surface area contributed by atoms with Gasteiger partial charge in [-0.15, -0.1) is 11.3 Å². The van der Waals surface area contributed by atoms with Gasteiger partial charge in [0, 0.05) is 24.0 Å². The molecule has 1 unspecified atom stereocenters. The number of rotatable bonds is 6. The van der Waals surface area contributed by atoms with Crippen LogP contribution in [0.25, 0.3) is 6.08 Å². The lowest BCUT2D eigenvalue weighted by atomic mass is 9.88. The minimum atomic E-state index is -0.323. The van der Waals surface area contributed by atoms with Crippen molar-refractivity contribution in [2.75, 3.05) is 19.0 Å². The molecule has 7 nitrogen and oxygen atoms in total. The van der Waals surface area contributed by atoms with Crippen molar-refractivity contribution >= 4 is 34.4 Å². The van der Waals surface area contributed by atoms with Crippen molar-refractivity contribution in [2.45, 2.75) is 39.2 Å². The molecular formula is C22H25N3O4S. The van der Waals surface area contributed by atoms with E-state index in [0.29, 0.717) is 22.9 Å². The number of nitriles is 1. The molecule has 2 aromatic rings. The Hall–Kier alpha value is -3.05. The monoisotopic (exact) mass is 427 g/mol. The summed E-state index contributed by atoms with van der Waals surface area (Å²) in [5, 5.41) is 13.0. The third kappa shape index (κ3) is 5.10. The van der Waals surface area contributed by atoms with E-state index < -0.39 is 0 Å². The van der Waals surface area contributed by atoms with Crippen LogP contribution in [0.1, 0.15) is 42.0 Å². The second-order valence-electron chi connectivity index (χ2n) is 7.55. The minimum absolute atomic E-state index is 0.0824. The SMILES string of the molecule is CC(C)N(C)C(=O)OCC1CCc2c(sc(NC(=O)/C=C/c3ccco3)c2C#N)C1. The fourth-order valence-electron chi connectivity index (χ4n) is 3.20. The maximum absolute atomic E-state index is 12.2. The molecule has 0 radical (unpaired) electrons. The van der Waals surface area contributed by atoms with Gasteiger partial charge in [-0.2, -0.15) is 5.26 Å². The van der Waals surface area contributed by atoms with Gasteiger partial charge < -0.3 is 19.4 Å². The van der Waals surface area contributed by atoms with Gasteiger partial charge in [-0.05, 0) is 62.8 Å². The molecule has 1 aliphatic carbocycles. The van der Waals surface area contributed by atoms with E-state index in [-0.39, 0.29) is 24.0 Å². The molecular weight excluding hydrogens is 402 g/mol. The van der Waals surface area contributed by atoms with E-state index in [4.69, 9.17) is 9.15 Å². The van der Waals surface area contributed by atoms with E-state index in [2.05, 4.69) is 11.4 Å². The summed E-state index contributed by atoms with van der Waals surface area (Å²) in [6, 6.07) is 5.81. The van der Waals surface area contributed by atoms with E-state index in [0.717, 1.165) is 29.7 Å². The number of thiophene rings is 1. The third-order valence-corrected chi connectivity index (χ3v) is 6.33. The number of nitrogens with zero attached hydrogens (tertiary/aromatic N) is 2. The third-order valence-electron chi connectivity index (χ3n) is 5.16. The van der Waals surface area contributed by atoms with Crippen LogP contribution >= 0.6 is 11.3 Å². The minimum Gasteiger partial charge on any atom is -0.465 e. The number of carbonyl (C=O) groups is 2. The summed E-state index contributed by atoms with van der Waals surface area (Å²) in [7, 11) is 1.72. The summed E-state index contributed by atoms with van der Waals surface area (Å²) >= 11 is 1.42. The Labute approximate surface area is 179 Å². The molecule has 0 fully saturated rings. The van der Waals surface area contributed by atoms with Crippen molar-refractivity contribution in [1.82, 2.24) is 4.90 Å². The van der Waals surface area contributed by atoms with Gasteiger partial charge in [-0.25, -0.2) is 4.79 Å². The topological polar surface area (TPSA) is 95.6 Å². The molecule has 8 heteroatoms. The smallest absolute Gasteiger partial charge is 0.409 e. The Kier molecular flexibility index (Phi) is 6.95. The number of carbonyl (C=O) groups excluding carboxylic acids is 2. The van der Waals surface area contributed by atoms with E-state index in [1.165, 1.54) is 23.7 Å². The number of nitrogens with one attached hydrogen (secondary N) is 1. The summed E-state index contributed by atoms with van der Waals surface area (Å²) in [6.45, 7) is 4.22. The van der Waals surface area contributed by atoms with Crippen molar-refractivity contribution in [2.24, 2.45) is 5.92 Å². The lowest BCUT2D eigenvalue weighted by molar-refractivity contribution is -0.111. The van der Waals surface area contributed by atoms with Gasteiger partial charge in [0.1, 0.15) is 16.8 Å². The second-order valence-corrected chi connectivity index (χ2v) is 8.65. The lowest BCUT2D eigenvalue weighted by Crippen LogP contribution is -2.35. The van der Waals surface area contributed by atoms with Crippen molar-refractivity contribution in [3.05, 3.63) is 46.2 Å². The maximum Gasteiger partial charge on any atom is 0.409 e. The van der Waals surface area contributed by atoms with E-state index in [1.54, 1.807) is 30.2 Å². The molecule has 0 spiro atoms. The number of fused-ring (bicyclic) bond motifs is 1. The van der Waals surface area contributed by atoms with Crippen molar-refractivity contribution in [3.63, 3.8) is 0 Å². The van der Waals surface area contributed by atoms with E-state index >= 15 is 0 Å². The number of ether oxygens (including phenoxy) is 1. The zero-order chi connectivity index (χ0) is 21.7. The Morgan fingerprint density at radius 3 is 2.97 bits per heavy atom. The fraction of sp³-hybridized carbons (Fsp3) is 0.409. The molecule has 0 saturated carbocycles. The van der Waals surface area contributed by atoms with Crippen LogP contribution in [0.3, 0.4) is 0 Å². The Morgan fingerprint density at radius 1 is 1.50 bits per heavy atom. The van der Waals surface area contributed by atoms with Gasteiger partial charge in [-0.1, -0.05) is 0 Å². The highest BCUT2D eigenvalue weighted by Crippen LogP contribution is 2.39. The Balaban J connectivity index is 1.63. The number of anilines is 1.